The van der Waals surface area contributed by atoms with Crippen molar-refractivity contribution in [2.24, 2.45) is 17.3 Å². The molecule has 0 aromatic rings. The van der Waals surface area contributed by atoms with Crippen molar-refractivity contribution in [3.8, 4) is 0 Å². The summed E-state index contributed by atoms with van der Waals surface area (Å²) in [5.74, 6) is -1.04. The zero-order valence-electron chi connectivity index (χ0n) is 11.9. The van der Waals surface area contributed by atoms with Gasteiger partial charge < -0.3 is 15.2 Å². The van der Waals surface area contributed by atoms with Crippen molar-refractivity contribution in [2.45, 2.75) is 34.1 Å². The monoisotopic (exact) mass is 259 g/mol. The molecule has 0 bridgehead atoms. The van der Waals surface area contributed by atoms with E-state index in [0.29, 0.717) is 13.2 Å². The van der Waals surface area contributed by atoms with Crippen molar-refractivity contribution in [3.63, 3.8) is 0 Å². The van der Waals surface area contributed by atoms with Gasteiger partial charge in [0.1, 0.15) is 0 Å². The zero-order chi connectivity index (χ0) is 14.3. The number of methoxy groups -OCH3 is 1. The number of hydrogen-bond donors (Lipinski definition) is 2. The van der Waals surface area contributed by atoms with Crippen LogP contribution in [0.1, 0.15) is 34.1 Å². The van der Waals surface area contributed by atoms with E-state index < -0.39 is 11.4 Å². The molecule has 0 heterocycles. The zero-order valence-corrected chi connectivity index (χ0v) is 11.9. The normalized spacial score (nSPS) is 16.1. The van der Waals surface area contributed by atoms with Gasteiger partial charge in [-0.05, 0) is 18.8 Å². The quantitative estimate of drug-likeness (QED) is 0.693. The molecule has 106 valence electrons. The first-order valence-corrected chi connectivity index (χ1v) is 6.23. The van der Waals surface area contributed by atoms with Gasteiger partial charge in [-0.25, -0.2) is 0 Å². The highest BCUT2D eigenvalue weighted by molar-refractivity contribution is 5.84. The third kappa shape index (κ3) is 5.04. The Bertz CT molecular complexity index is 291. The molecule has 2 atom stereocenters. The van der Waals surface area contributed by atoms with Crippen LogP contribution in [0.5, 0.6) is 0 Å². The molecule has 0 fully saturated rings. The van der Waals surface area contributed by atoms with Gasteiger partial charge >= 0.3 is 5.97 Å². The summed E-state index contributed by atoms with van der Waals surface area (Å²) in [6, 6.07) is 0. The van der Waals surface area contributed by atoms with E-state index in [2.05, 4.69) is 5.32 Å². The number of ether oxygens (including phenoxy) is 1. The number of hydrogen-bond acceptors (Lipinski definition) is 3. The van der Waals surface area contributed by atoms with E-state index in [1.165, 1.54) is 0 Å². The average molecular weight is 259 g/mol. The average Bonchev–Trinajstić information content (AvgIpc) is 2.26. The van der Waals surface area contributed by atoms with Gasteiger partial charge in [-0.3, -0.25) is 9.59 Å². The molecule has 1 amide bonds. The Labute approximate surface area is 109 Å². The fraction of sp³-hybridized carbons (Fsp3) is 0.846. The lowest BCUT2D eigenvalue weighted by Gasteiger charge is -2.28. The van der Waals surface area contributed by atoms with E-state index in [1.807, 2.05) is 20.8 Å². The van der Waals surface area contributed by atoms with Crippen LogP contribution in [0.15, 0.2) is 0 Å². The van der Waals surface area contributed by atoms with E-state index in [-0.39, 0.29) is 24.2 Å². The largest absolute Gasteiger partial charge is 0.481 e. The van der Waals surface area contributed by atoms with Gasteiger partial charge in [0, 0.05) is 20.1 Å². The summed E-state index contributed by atoms with van der Waals surface area (Å²) in [7, 11) is 1.61. The number of rotatable bonds is 8. The molecule has 0 aliphatic rings. The Morgan fingerprint density at radius 2 is 1.89 bits per heavy atom. The summed E-state index contributed by atoms with van der Waals surface area (Å²) >= 11 is 0. The van der Waals surface area contributed by atoms with E-state index >= 15 is 0 Å². The molecule has 0 saturated carbocycles. The summed E-state index contributed by atoms with van der Waals surface area (Å²) in [4.78, 5) is 23.0. The van der Waals surface area contributed by atoms with Gasteiger partial charge in [-0.2, -0.15) is 0 Å². The van der Waals surface area contributed by atoms with Crippen LogP contribution in [0.3, 0.4) is 0 Å². The van der Waals surface area contributed by atoms with Crippen LogP contribution in [-0.4, -0.2) is 37.2 Å². The minimum Gasteiger partial charge on any atom is -0.481 e. The molecular formula is C13H25NO4. The molecule has 0 rings (SSSR count). The lowest BCUT2D eigenvalue weighted by molar-refractivity contribution is -0.153. The van der Waals surface area contributed by atoms with Gasteiger partial charge in [0.05, 0.1) is 12.0 Å². The molecule has 0 aliphatic heterocycles. The molecule has 0 radical (unpaired) electrons. The highest BCUT2D eigenvalue weighted by atomic mass is 16.5. The molecule has 0 spiro atoms. The van der Waals surface area contributed by atoms with Crippen molar-refractivity contribution >= 4 is 11.9 Å². The number of amides is 1. The number of carboxylic acids is 1. The first-order chi connectivity index (χ1) is 8.24. The SMILES string of the molecule is COCC(C)CNC(=O)CC(C)(C(=O)O)C(C)C. The summed E-state index contributed by atoms with van der Waals surface area (Å²) in [5.41, 5.74) is -1.02. The van der Waals surface area contributed by atoms with Crippen molar-refractivity contribution in [2.75, 3.05) is 20.3 Å². The number of carboxylic acid groups (broad SMARTS) is 1. The van der Waals surface area contributed by atoms with Crippen molar-refractivity contribution in [1.29, 1.82) is 0 Å². The molecule has 2 N–H and O–H groups in total. The Balaban J connectivity index is 4.33. The van der Waals surface area contributed by atoms with Crippen LogP contribution < -0.4 is 5.32 Å². The van der Waals surface area contributed by atoms with E-state index in [0.717, 1.165) is 0 Å². The van der Waals surface area contributed by atoms with Gasteiger partial charge in [-0.1, -0.05) is 20.8 Å². The molecular weight excluding hydrogens is 234 g/mol. The standard InChI is InChI=1S/C13H25NO4/c1-9(2)13(4,12(16)17)6-11(15)14-7-10(3)8-18-5/h9-10H,6-8H2,1-5H3,(H,14,15)(H,16,17). The molecule has 2 unspecified atom stereocenters. The summed E-state index contributed by atoms with van der Waals surface area (Å²) in [5, 5.41) is 12.0. The Morgan fingerprint density at radius 3 is 2.28 bits per heavy atom. The number of aliphatic carboxylic acids is 1. The molecule has 0 aliphatic carbocycles. The lowest BCUT2D eigenvalue weighted by Crippen LogP contribution is -2.40. The van der Waals surface area contributed by atoms with Crippen LogP contribution >= 0.6 is 0 Å². The lowest BCUT2D eigenvalue weighted by atomic mass is 9.76. The molecule has 0 aromatic carbocycles. The van der Waals surface area contributed by atoms with E-state index in [4.69, 9.17) is 4.74 Å². The second-order valence-electron chi connectivity index (χ2n) is 5.42. The molecule has 0 saturated heterocycles. The van der Waals surface area contributed by atoms with Crippen LogP contribution in [0.4, 0.5) is 0 Å². The first kappa shape index (κ1) is 16.9. The fourth-order valence-electron chi connectivity index (χ4n) is 1.55. The van der Waals surface area contributed by atoms with Crippen LogP contribution in [-0.2, 0) is 14.3 Å². The highest BCUT2D eigenvalue weighted by Crippen LogP contribution is 2.31. The van der Waals surface area contributed by atoms with Gasteiger partial charge in [-0.15, -0.1) is 0 Å². The van der Waals surface area contributed by atoms with Gasteiger partial charge in [0.2, 0.25) is 5.91 Å². The first-order valence-electron chi connectivity index (χ1n) is 6.23. The number of carbonyl (C=O) groups is 2. The summed E-state index contributed by atoms with van der Waals surface area (Å²) < 4.78 is 4.97. The van der Waals surface area contributed by atoms with E-state index in [1.54, 1.807) is 14.0 Å². The smallest absolute Gasteiger partial charge is 0.310 e. The maximum absolute atomic E-state index is 11.8. The predicted molar refractivity (Wildman–Crippen MR) is 69.2 cm³/mol. The maximum atomic E-state index is 11.8. The molecule has 5 heteroatoms. The Morgan fingerprint density at radius 1 is 1.33 bits per heavy atom. The Kier molecular flexibility index (Phi) is 6.91. The fourth-order valence-corrected chi connectivity index (χ4v) is 1.55. The van der Waals surface area contributed by atoms with Crippen LogP contribution in [0.25, 0.3) is 0 Å². The topological polar surface area (TPSA) is 75.6 Å². The third-order valence-electron chi connectivity index (χ3n) is 3.39. The maximum Gasteiger partial charge on any atom is 0.310 e. The van der Waals surface area contributed by atoms with Crippen molar-refractivity contribution in [1.82, 2.24) is 5.32 Å². The van der Waals surface area contributed by atoms with Crippen molar-refractivity contribution < 1.29 is 19.4 Å². The third-order valence-corrected chi connectivity index (χ3v) is 3.39. The van der Waals surface area contributed by atoms with Gasteiger partial charge in [0.15, 0.2) is 0 Å². The van der Waals surface area contributed by atoms with Gasteiger partial charge in [0.25, 0.3) is 0 Å². The van der Waals surface area contributed by atoms with Crippen LogP contribution in [0.2, 0.25) is 0 Å². The Hall–Kier alpha value is -1.10. The molecule has 5 nitrogen and oxygen atoms in total. The van der Waals surface area contributed by atoms with E-state index in [9.17, 15) is 14.7 Å². The minimum atomic E-state index is -1.02. The predicted octanol–water partition coefficient (Wildman–Crippen LogP) is 1.52. The summed E-state index contributed by atoms with van der Waals surface area (Å²) in [6.07, 6.45) is -0.000295. The molecule has 18 heavy (non-hydrogen) atoms. The number of carbonyl (C=O) groups excluding carboxylic acids is 1. The van der Waals surface area contributed by atoms with Crippen LogP contribution in [0, 0.1) is 17.3 Å². The van der Waals surface area contributed by atoms with Crippen molar-refractivity contribution in [3.05, 3.63) is 0 Å². The number of nitrogens with one attached hydrogen (secondary N) is 1. The second kappa shape index (κ2) is 7.36. The second-order valence-corrected chi connectivity index (χ2v) is 5.42. The molecule has 0 aromatic heterocycles. The highest BCUT2D eigenvalue weighted by Gasteiger charge is 2.38. The summed E-state index contributed by atoms with van der Waals surface area (Å²) in [6.45, 7) is 8.27. The minimum absolute atomic E-state index is 0.000295.